The van der Waals surface area contributed by atoms with Crippen LogP contribution in [-0.2, 0) is 0 Å². The molecular weight excluding hydrogens is 366 g/mol. The second-order valence-corrected chi connectivity index (χ2v) is 10.1. The van der Waals surface area contributed by atoms with Crippen LogP contribution in [0, 0.1) is 33.3 Å². The van der Waals surface area contributed by atoms with Crippen LogP contribution in [0.15, 0.2) is 18.2 Å². The normalized spacial score (nSPS) is 33.0. The molecule has 6 rings (SSSR count). The van der Waals surface area contributed by atoms with Crippen molar-refractivity contribution in [3.8, 4) is 0 Å². The van der Waals surface area contributed by atoms with E-state index in [1.807, 2.05) is 0 Å². The average molecular weight is 398 g/mol. The minimum Gasteiger partial charge on any atom is -0.366 e. The van der Waals surface area contributed by atoms with E-state index in [9.17, 15) is 14.9 Å². The van der Waals surface area contributed by atoms with Gasteiger partial charge in [-0.15, -0.1) is 0 Å². The number of hydrogen-bond donors (Lipinski definition) is 1. The maximum atomic E-state index is 12.9. The summed E-state index contributed by atoms with van der Waals surface area (Å²) in [5.74, 6) is 2.38. The zero-order valence-electron chi connectivity index (χ0n) is 17.1. The standard InChI is InChI=1S/C23H31N3O3/c27-22(24-15-23-12-16-8-17(13-23)10-18(9-16)14-23)19-4-5-20(21(11-19)26(28)29)25-6-2-1-3-7-25/h4-5,11,16-18H,1-3,6-10,12-15H2,(H,24,27). The number of benzene rings is 1. The Morgan fingerprint density at radius 3 is 2.28 bits per heavy atom. The van der Waals surface area contributed by atoms with E-state index < -0.39 is 0 Å². The maximum absolute atomic E-state index is 12.9. The summed E-state index contributed by atoms with van der Waals surface area (Å²) in [6.45, 7) is 2.41. The molecule has 1 heterocycles. The van der Waals surface area contributed by atoms with Gasteiger partial charge < -0.3 is 10.2 Å². The number of nitrogens with one attached hydrogen (secondary N) is 1. The second kappa shape index (κ2) is 7.29. The Labute approximate surface area is 172 Å². The van der Waals surface area contributed by atoms with Crippen molar-refractivity contribution in [2.24, 2.45) is 23.2 Å². The summed E-state index contributed by atoms with van der Waals surface area (Å²) in [5.41, 5.74) is 1.37. The first-order chi connectivity index (χ1) is 14.0. The van der Waals surface area contributed by atoms with Gasteiger partial charge in [0.05, 0.1) is 4.92 Å². The number of nitro groups is 1. The summed E-state index contributed by atoms with van der Waals surface area (Å²) >= 11 is 0. The van der Waals surface area contributed by atoms with Crippen LogP contribution in [0.25, 0.3) is 0 Å². The van der Waals surface area contributed by atoms with Crippen molar-refractivity contribution in [1.82, 2.24) is 5.32 Å². The molecule has 0 atom stereocenters. The van der Waals surface area contributed by atoms with Crippen molar-refractivity contribution >= 4 is 17.3 Å². The lowest BCUT2D eigenvalue weighted by Crippen LogP contribution is -2.51. The predicted octanol–water partition coefficient (Wildman–Crippen LogP) is 4.53. The molecule has 0 aromatic heterocycles. The molecule has 6 nitrogen and oxygen atoms in total. The third-order valence-electron chi connectivity index (χ3n) is 7.92. The van der Waals surface area contributed by atoms with Crippen LogP contribution in [0.4, 0.5) is 11.4 Å². The number of carbonyl (C=O) groups is 1. The topological polar surface area (TPSA) is 75.5 Å². The van der Waals surface area contributed by atoms with Crippen LogP contribution in [0.5, 0.6) is 0 Å². The molecule has 0 radical (unpaired) electrons. The van der Waals surface area contributed by atoms with Crippen LogP contribution < -0.4 is 10.2 Å². The third-order valence-corrected chi connectivity index (χ3v) is 7.92. The maximum Gasteiger partial charge on any atom is 0.293 e. The molecule has 0 spiro atoms. The van der Waals surface area contributed by atoms with E-state index in [2.05, 4.69) is 10.2 Å². The van der Waals surface area contributed by atoms with Gasteiger partial charge in [0.1, 0.15) is 5.69 Å². The first-order valence-corrected chi connectivity index (χ1v) is 11.3. The van der Waals surface area contributed by atoms with Crippen LogP contribution in [0.3, 0.4) is 0 Å². The molecule has 29 heavy (non-hydrogen) atoms. The third kappa shape index (κ3) is 3.62. The van der Waals surface area contributed by atoms with Gasteiger partial charge >= 0.3 is 0 Å². The number of anilines is 1. The highest BCUT2D eigenvalue weighted by Crippen LogP contribution is 2.59. The first kappa shape index (κ1) is 18.9. The summed E-state index contributed by atoms with van der Waals surface area (Å²) < 4.78 is 0. The molecule has 1 aromatic rings. The lowest BCUT2D eigenvalue weighted by Gasteiger charge is -2.56. The molecule has 1 amide bonds. The van der Waals surface area contributed by atoms with E-state index in [0.717, 1.165) is 50.2 Å². The Kier molecular flexibility index (Phi) is 4.75. The largest absolute Gasteiger partial charge is 0.366 e. The van der Waals surface area contributed by atoms with Gasteiger partial charge in [0.2, 0.25) is 0 Å². The molecule has 4 aliphatic carbocycles. The number of piperidine rings is 1. The smallest absolute Gasteiger partial charge is 0.293 e. The molecule has 5 fully saturated rings. The Morgan fingerprint density at radius 2 is 1.69 bits per heavy atom. The lowest BCUT2D eigenvalue weighted by atomic mass is 9.49. The molecule has 1 saturated heterocycles. The summed E-state index contributed by atoms with van der Waals surface area (Å²) in [7, 11) is 0. The highest BCUT2D eigenvalue weighted by Gasteiger charge is 2.50. The van der Waals surface area contributed by atoms with Crippen molar-refractivity contribution in [1.29, 1.82) is 0 Å². The zero-order chi connectivity index (χ0) is 20.0. The first-order valence-electron chi connectivity index (χ1n) is 11.3. The fourth-order valence-electron chi connectivity index (χ4n) is 7.09. The number of hydrogen-bond acceptors (Lipinski definition) is 4. The molecule has 4 bridgehead atoms. The summed E-state index contributed by atoms with van der Waals surface area (Å²) in [6, 6.07) is 4.99. The van der Waals surface area contributed by atoms with E-state index in [4.69, 9.17) is 0 Å². The molecule has 5 aliphatic rings. The second-order valence-electron chi connectivity index (χ2n) is 10.1. The minimum absolute atomic E-state index is 0.0503. The fourth-order valence-corrected chi connectivity index (χ4v) is 7.09. The number of rotatable bonds is 5. The molecule has 1 aromatic carbocycles. The van der Waals surface area contributed by atoms with Gasteiger partial charge in [0.15, 0.2) is 0 Å². The van der Waals surface area contributed by atoms with E-state index in [1.54, 1.807) is 12.1 Å². The van der Waals surface area contributed by atoms with Crippen LogP contribution >= 0.6 is 0 Å². The molecule has 156 valence electrons. The van der Waals surface area contributed by atoms with Crippen molar-refractivity contribution in [2.75, 3.05) is 24.5 Å². The van der Waals surface area contributed by atoms with E-state index in [-0.39, 0.29) is 21.9 Å². The van der Waals surface area contributed by atoms with Crippen molar-refractivity contribution in [2.45, 2.75) is 57.8 Å². The van der Waals surface area contributed by atoms with Crippen LogP contribution in [-0.4, -0.2) is 30.5 Å². The van der Waals surface area contributed by atoms with Gasteiger partial charge in [-0.3, -0.25) is 14.9 Å². The highest BCUT2D eigenvalue weighted by molar-refractivity contribution is 5.95. The zero-order valence-corrected chi connectivity index (χ0v) is 17.1. The van der Waals surface area contributed by atoms with E-state index >= 15 is 0 Å². The molecule has 0 unspecified atom stereocenters. The van der Waals surface area contributed by atoms with Crippen LogP contribution in [0.1, 0.15) is 68.1 Å². The monoisotopic (exact) mass is 397 g/mol. The molecule has 1 N–H and O–H groups in total. The fraction of sp³-hybridized carbons (Fsp3) is 0.696. The SMILES string of the molecule is O=C(NCC12CC3CC(CC(C3)C1)C2)c1ccc(N2CCCCC2)c([N+](=O)[O-])c1. The van der Waals surface area contributed by atoms with Crippen molar-refractivity contribution < 1.29 is 9.72 Å². The van der Waals surface area contributed by atoms with E-state index in [1.165, 1.54) is 51.0 Å². The highest BCUT2D eigenvalue weighted by atomic mass is 16.6. The molecule has 1 aliphatic heterocycles. The Morgan fingerprint density at radius 1 is 1.07 bits per heavy atom. The van der Waals surface area contributed by atoms with Crippen molar-refractivity contribution in [3.63, 3.8) is 0 Å². The number of nitrogens with zero attached hydrogens (tertiary/aromatic N) is 2. The quantitative estimate of drug-likeness (QED) is 0.585. The number of nitro benzene ring substituents is 1. The number of amides is 1. The Bertz CT molecular complexity index is 780. The summed E-state index contributed by atoms with van der Waals surface area (Å²) in [6.07, 6.45) is 11.2. The van der Waals surface area contributed by atoms with Gasteiger partial charge in [-0.2, -0.15) is 0 Å². The summed E-state index contributed by atoms with van der Waals surface area (Å²) in [5, 5.41) is 14.8. The van der Waals surface area contributed by atoms with Crippen molar-refractivity contribution in [3.05, 3.63) is 33.9 Å². The van der Waals surface area contributed by atoms with Gasteiger partial charge in [-0.25, -0.2) is 0 Å². The van der Waals surface area contributed by atoms with E-state index in [0.29, 0.717) is 11.3 Å². The molecule has 6 heteroatoms. The Hall–Kier alpha value is -2.11. The minimum atomic E-state index is -0.347. The van der Waals surface area contributed by atoms with Gasteiger partial charge in [-0.05, 0) is 93.1 Å². The Balaban J connectivity index is 1.30. The number of carbonyl (C=O) groups excluding carboxylic acids is 1. The molecular formula is C23H31N3O3. The van der Waals surface area contributed by atoms with Gasteiger partial charge in [0, 0.05) is 31.3 Å². The van der Waals surface area contributed by atoms with Crippen LogP contribution in [0.2, 0.25) is 0 Å². The lowest BCUT2D eigenvalue weighted by molar-refractivity contribution is -0.384. The summed E-state index contributed by atoms with van der Waals surface area (Å²) in [4.78, 5) is 26.3. The molecule has 4 saturated carbocycles. The average Bonchev–Trinajstić information content (AvgIpc) is 2.71. The predicted molar refractivity (Wildman–Crippen MR) is 112 cm³/mol. The van der Waals surface area contributed by atoms with Gasteiger partial charge in [-0.1, -0.05) is 0 Å². The van der Waals surface area contributed by atoms with Gasteiger partial charge in [0.25, 0.3) is 11.6 Å².